The Morgan fingerprint density at radius 2 is 1.83 bits per heavy atom. The van der Waals surface area contributed by atoms with E-state index in [1.165, 1.54) is 5.56 Å². The van der Waals surface area contributed by atoms with Crippen LogP contribution in [0.15, 0.2) is 41.6 Å². The van der Waals surface area contributed by atoms with Gasteiger partial charge in [0.1, 0.15) is 5.94 Å². The van der Waals surface area contributed by atoms with Crippen molar-refractivity contribution in [1.82, 2.24) is 0 Å². The monoisotopic (exact) mass is 241 g/mol. The third-order valence-electron chi connectivity index (χ3n) is 3.17. The van der Waals surface area contributed by atoms with Crippen molar-refractivity contribution in [2.24, 2.45) is 5.41 Å². The quantitative estimate of drug-likeness (QED) is 0.796. The van der Waals surface area contributed by atoms with Crippen LogP contribution in [0.25, 0.3) is 0 Å². The Labute approximate surface area is 108 Å². The van der Waals surface area contributed by atoms with Crippen LogP contribution in [0.5, 0.6) is 0 Å². The van der Waals surface area contributed by atoms with E-state index in [0.29, 0.717) is 0 Å². The molecule has 1 aromatic carbocycles. The van der Waals surface area contributed by atoms with Gasteiger partial charge in [-0.1, -0.05) is 31.5 Å². The Morgan fingerprint density at radius 1 is 1.17 bits per heavy atom. The molecule has 0 spiro atoms. The van der Waals surface area contributed by atoms with Crippen LogP contribution >= 0.6 is 0 Å². The molecular weight excluding hydrogens is 222 g/mol. The second-order valence-electron chi connectivity index (χ2n) is 5.81. The summed E-state index contributed by atoms with van der Waals surface area (Å²) in [6, 6.07) is 8.27. The lowest BCUT2D eigenvalue weighted by atomic mass is 9.77. The molecule has 2 nitrogen and oxygen atoms in total. The van der Waals surface area contributed by atoms with Gasteiger partial charge in [0.15, 0.2) is 0 Å². The van der Waals surface area contributed by atoms with Crippen LogP contribution in [-0.4, -0.2) is 5.94 Å². The SMILES string of the molecule is Cc1ccc(NC2=CC(=C=O)CC(C)(C)C2)cc1. The lowest BCUT2D eigenvalue weighted by Crippen LogP contribution is -2.20. The Bertz CT molecular complexity index is 517. The third-order valence-corrected chi connectivity index (χ3v) is 3.17. The average molecular weight is 241 g/mol. The second-order valence-corrected chi connectivity index (χ2v) is 5.81. The molecular formula is C16H19NO. The molecule has 0 fully saturated rings. The molecule has 0 saturated heterocycles. The van der Waals surface area contributed by atoms with E-state index >= 15 is 0 Å². The fraction of sp³-hybridized carbons (Fsp3) is 0.375. The number of anilines is 1. The maximum Gasteiger partial charge on any atom is 0.128 e. The molecule has 18 heavy (non-hydrogen) atoms. The largest absolute Gasteiger partial charge is 0.359 e. The minimum absolute atomic E-state index is 0.120. The van der Waals surface area contributed by atoms with E-state index in [9.17, 15) is 4.79 Å². The minimum Gasteiger partial charge on any atom is -0.359 e. The van der Waals surface area contributed by atoms with E-state index in [2.05, 4.69) is 50.4 Å². The highest BCUT2D eigenvalue weighted by Crippen LogP contribution is 2.37. The van der Waals surface area contributed by atoms with Crippen LogP contribution in [0.3, 0.4) is 0 Å². The van der Waals surface area contributed by atoms with Crippen molar-refractivity contribution in [3.63, 3.8) is 0 Å². The Balaban J connectivity index is 2.20. The van der Waals surface area contributed by atoms with E-state index in [4.69, 9.17) is 0 Å². The normalized spacial score (nSPS) is 17.9. The number of hydrogen-bond acceptors (Lipinski definition) is 2. The van der Waals surface area contributed by atoms with Gasteiger partial charge >= 0.3 is 0 Å². The molecule has 94 valence electrons. The zero-order valence-corrected chi connectivity index (χ0v) is 11.2. The fourth-order valence-corrected chi connectivity index (χ4v) is 2.37. The molecule has 1 aliphatic carbocycles. The summed E-state index contributed by atoms with van der Waals surface area (Å²) in [5.74, 6) is 2.03. The van der Waals surface area contributed by atoms with Gasteiger partial charge in [-0.3, -0.25) is 0 Å². The van der Waals surface area contributed by atoms with Gasteiger partial charge in [-0.15, -0.1) is 0 Å². The molecule has 0 atom stereocenters. The van der Waals surface area contributed by atoms with Crippen molar-refractivity contribution in [3.05, 3.63) is 47.2 Å². The highest BCUT2D eigenvalue weighted by molar-refractivity contribution is 5.61. The first-order chi connectivity index (χ1) is 8.48. The topological polar surface area (TPSA) is 29.1 Å². The van der Waals surface area contributed by atoms with Crippen LogP contribution in [-0.2, 0) is 4.79 Å². The van der Waals surface area contributed by atoms with Crippen LogP contribution in [0.1, 0.15) is 32.3 Å². The fourth-order valence-electron chi connectivity index (χ4n) is 2.37. The van der Waals surface area contributed by atoms with Crippen LogP contribution in [0.4, 0.5) is 5.69 Å². The predicted octanol–water partition coefficient (Wildman–Crippen LogP) is 3.87. The van der Waals surface area contributed by atoms with Crippen LogP contribution < -0.4 is 5.32 Å². The molecule has 0 bridgehead atoms. The molecule has 0 aliphatic heterocycles. The lowest BCUT2D eigenvalue weighted by Gasteiger charge is -2.30. The van der Waals surface area contributed by atoms with Gasteiger partial charge in [0, 0.05) is 17.0 Å². The maximum atomic E-state index is 10.9. The van der Waals surface area contributed by atoms with E-state index in [0.717, 1.165) is 29.8 Å². The van der Waals surface area contributed by atoms with Gasteiger partial charge in [-0.05, 0) is 43.4 Å². The summed E-state index contributed by atoms with van der Waals surface area (Å²) in [7, 11) is 0. The molecule has 0 radical (unpaired) electrons. The van der Waals surface area contributed by atoms with Gasteiger partial charge in [-0.25, -0.2) is 4.79 Å². The number of rotatable bonds is 2. The molecule has 1 aromatic rings. The summed E-state index contributed by atoms with van der Waals surface area (Å²) in [6.07, 6.45) is 3.68. The third kappa shape index (κ3) is 3.12. The maximum absolute atomic E-state index is 10.9. The van der Waals surface area contributed by atoms with Crippen LogP contribution in [0, 0.1) is 12.3 Å². The van der Waals surface area contributed by atoms with Gasteiger partial charge in [0.05, 0.1) is 0 Å². The number of allylic oxidation sites excluding steroid dienone is 3. The van der Waals surface area contributed by atoms with Gasteiger partial charge in [0.2, 0.25) is 0 Å². The second kappa shape index (κ2) is 4.83. The highest BCUT2D eigenvalue weighted by atomic mass is 16.1. The first kappa shape index (κ1) is 12.7. The van der Waals surface area contributed by atoms with Crippen molar-refractivity contribution in [2.75, 3.05) is 5.32 Å². The molecule has 0 saturated carbocycles. The average Bonchev–Trinajstić information content (AvgIpc) is 2.30. The summed E-state index contributed by atoms with van der Waals surface area (Å²) in [5.41, 5.74) is 4.27. The van der Waals surface area contributed by atoms with Crippen molar-refractivity contribution in [2.45, 2.75) is 33.6 Å². The number of carbonyl (C=O) groups excluding carboxylic acids is 1. The first-order valence-corrected chi connectivity index (χ1v) is 6.27. The van der Waals surface area contributed by atoms with Gasteiger partial charge < -0.3 is 5.32 Å². The smallest absolute Gasteiger partial charge is 0.128 e. The van der Waals surface area contributed by atoms with Crippen molar-refractivity contribution < 1.29 is 4.79 Å². The summed E-state index contributed by atoms with van der Waals surface area (Å²) >= 11 is 0. The van der Waals surface area contributed by atoms with Crippen molar-refractivity contribution >= 4 is 11.6 Å². The number of nitrogens with one attached hydrogen (secondary N) is 1. The Kier molecular flexibility index (Phi) is 3.40. The first-order valence-electron chi connectivity index (χ1n) is 6.27. The van der Waals surface area contributed by atoms with E-state index in [1.807, 2.05) is 12.0 Å². The van der Waals surface area contributed by atoms with E-state index < -0.39 is 0 Å². The molecule has 0 unspecified atom stereocenters. The molecule has 2 rings (SSSR count). The highest BCUT2D eigenvalue weighted by Gasteiger charge is 2.26. The standard InChI is InChI=1S/C16H19NO/c1-12-4-6-14(7-5-12)17-15-8-13(11-18)9-16(2,3)10-15/h4-8,17H,9-10H2,1-3H3. The minimum atomic E-state index is 0.120. The summed E-state index contributed by atoms with van der Waals surface area (Å²) in [4.78, 5) is 10.9. The Morgan fingerprint density at radius 3 is 2.44 bits per heavy atom. The summed E-state index contributed by atoms with van der Waals surface area (Å²) < 4.78 is 0. The molecule has 0 aromatic heterocycles. The van der Waals surface area contributed by atoms with Gasteiger partial charge in [0.25, 0.3) is 0 Å². The van der Waals surface area contributed by atoms with Crippen LogP contribution in [0.2, 0.25) is 0 Å². The Hall–Kier alpha value is -1.79. The molecule has 0 heterocycles. The number of benzene rings is 1. The van der Waals surface area contributed by atoms with E-state index in [-0.39, 0.29) is 5.41 Å². The zero-order valence-electron chi connectivity index (χ0n) is 11.2. The molecule has 2 heteroatoms. The summed E-state index contributed by atoms with van der Waals surface area (Å²) in [5, 5.41) is 3.39. The summed E-state index contributed by atoms with van der Waals surface area (Å²) in [6.45, 7) is 6.42. The zero-order chi connectivity index (χ0) is 13.2. The molecule has 0 amide bonds. The predicted molar refractivity (Wildman–Crippen MR) is 75.1 cm³/mol. The lowest BCUT2D eigenvalue weighted by molar-refractivity contribution is 0.353. The van der Waals surface area contributed by atoms with E-state index in [1.54, 1.807) is 0 Å². The number of hydrogen-bond donors (Lipinski definition) is 1. The van der Waals surface area contributed by atoms with Crippen molar-refractivity contribution in [1.29, 1.82) is 0 Å². The van der Waals surface area contributed by atoms with Gasteiger partial charge in [-0.2, -0.15) is 0 Å². The molecule has 1 aliphatic rings. The molecule has 1 N–H and O–H groups in total. The number of aryl methyl sites for hydroxylation is 1. The van der Waals surface area contributed by atoms with Crippen molar-refractivity contribution in [3.8, 4) is 0 Å².